The maximum absolute atomic E-state index is 10.2. The van der Waals surface area contributed by atoms with Gasteiger partial charge in [0.1, 0.15) is 11.8 Å². The van der Waals surface area contributed by atoms with Crippen molar-refractivity contribution in [1.29, 1.82) is 0 Å². The third-order valence-electron chi connectivity index (χ3n) is 2.85. The number of aliphatic imine (C=N–C) groups is 1. The first-order valence-corrected chi connectivity index (χ1v) is 5.36. The predicted octanol–water partition coefficient (Wildman–Crippen LogP) is 2.62. The molecule has 0 saturated carbocycles. The van der Waals surface area contributed by atoms with Crippen LogP contribution in [-0.2, 0) is 4.79 Å². The van der Waals surface area contributed by atoms with Gasteiger partial charge in [-0.05, 0) is 25.3 Å². The molecular formula is C13H15NO. The number of aldehydes is 1. The van der Waals surface area contributed by atoms with E-state index in [0.717, 1.165) is 19.1 Å². The number of unbranched alkanes of at least 4 members (excludes halogenated alkanes) is 1. The average molecular weight is 201 g/mol. The monoisotopic (exact) mass is 201 g/mol. The number of hydrogen-bond acceptors (Lipinski definition) is 2. The van der Waals surface area contributed by atoms with Crippen LogP contribution in [0.15, 0.2) is 35.3 Å². The van der Waals surface area contributed by atoms with Crippen LogP contribution in [0, 0.1) is 0 Å². The summed E-state index contributed by atoms with van der Waals surface area (Å²) in [6.07, 6.45) is 3.54. The van der Waals surface area contributed by atoms with E-state index in [1.807, 2.05) is 18.2 Å². The molecule has 0 bridgehead atoms. The minimum absolute atomic E-state index is 0.00433. The van der Waals surface area contributed by atoms with Gasteiger partial charge in [-0.15, -0.1) is 0 Å². The third-order valence-corrected chi connectivity index (χ3v) is 2.85. The highest BCUT2D eigenvalue weighted by Gasteiger charge is 2.41. The zero-order valence-corrected chi connectivity index (χ0v) is 8.94. The molecule has 0 spiro atoms. The molecule has 1 heterocycles. The Labute approximate surface area is 90.0 Å². The molecule has 0 aliphatic carbocycles. The summed E-state index contributed by atoms with van der Waals surface area (Å²) in [6, 6.07) is 10.2. The van der Waals surface area contributed by atoms with Crippen LogP contribution in [0.4, 0.5) is 0 Å². The number of nitrogens with zero attached hydrogens (tertiary/aromatic N) is 1. The lowest BCUT2D eigenvalue weighted by Crippen LogP contribution is -2.14. The molecular weight excluding hydrogens is 186 g/mol. The second-order valence-electron chi connectivity index (χ2n) is 4.16. The lowest BCUT2D eigenvalue weighted by molar-refractivity contribution is -0.107. The van der Waals surface area contributed by atoms with Gasteiger partial charge < -0.3 is 4.79 Å². The summed E-state index contributed by atoms with van der Waals surface area (Å²) >= 11 is 0. The quantitative estimate of drug-likeness (QED) is 0.532. The Morgan fingerprint density at radius 3 is 2.73 bits per heavy atom. The van der Waals surface area contributed by atoms with E-state index in [1.54, 1.807) is 0 Å². The second-order valence-corrected chi connectivity index (χ2v) is 4.16. The van der Waals surface area contributed by atoms with Crippen molar-refractivity contribution in [2.45, 2.75) is 31.7 Å². The summed E-state index contributed by atoms with van der Waals surface area (Å²) < 4.78 is 0. The standard InChI is InChI=1S/C13H15NO/c1-13(9-5-6-10-15)12(14-13)11-7-3-2-4-8-11/h2-4,7-8,10H,5-6,9H2,1H3. The first-order valence-electron chi connectivity index (χ1n) is 5.36. The molecule has 78 valence electrons. The molecule has 1 aliphatic rings. The van der Waals surface area contributed by atoms with Crippen molar-refractivity contribution in [1.82, 2.24) is 0 Å². The largest absolute Gasteiger partial charge is 0.303 e. The van der Waals surface area contributed by atoms with E-state index in [9.17, 15) is 4.79 Å². The highest BCUT2D eigenvalue weighted by Crippen LogP contribution is 2.36. The van der Waals surface area contributed by atoms with E-state index >= 15 is 0 Å². The number of benzene rings is 1. The van der Waals surface area contributed by atoms with Crippen LogP contribution in [0.1, 0.15) is 31.7 Å². The fourth-order valence-corrected chi connectivity index (χ4v) is 1.89. The summed E-state index contributed by atoms with van der Waals surface area (Å²) in [5.41, 5.74) is 2.41. The maximum atomic E-state index is 10.2. The Kier molecular flexibility index (Phi) is 2.67. The molecule has 2 rings (SSSR count). The number of carbonyl (C=O) groups is 1. The third kappa shape index (κ3) is 2.14. The Morgan fingerprint density at radius 1 is 1.33 bits per heavy atom. The van der Waals surface area contributed by atoms with E-state index in [0.29, 0.717) is 6.42 Å². The van der Waals surface area contributed by atoms with Gasteiger partial charge in [0.05, 0.1) is 5.71 Å². The van der Waals surface area contributed by atoms with Crippen LogP contribution in [0.3, 0.4) is 0 Å². The first-order chi connectivity index (χ1) is 7.26. The maximum Gasteiger partial charge on any atom is 0.119 e. The molecule has 1 atom stereocenters. The molecule has 0 aromatic heterocycles. The molecule has 1 aromatic carbocycles. The normalized spacial score (nSPS) is 23.4. The van der Waals surface area contributed by atoms with Crippen molar-refractivity contribution in [3.63, 3.8) is 0 Å². The van der Waals surface area contributed by atoms with Crippen molar-refractivity contribution < 1.29 is 4.79 Å². The number of rotatable bonds is 5. The molecule has 0 N–H and O–H groups in total. The lowest BCUT2D eigenvalue weighted by atomic mass is 9.95. The molecule has 15 heavy (non-hydrogen) atoms. The summed E-state index contributed by atoms with van der Waals surface area (Å²) in [4.78, 5) is 14.8. The molecule has 0 amide bonds. The van der Waals surface area contributed by atoms with Crippen molar-refractivity contribution in [3.05, 3.63) is 35.9 Å². The summed E-state index contributed by atoms with van der Waals surface area (Å²) in [7, 11) is 0. The Bertz CT molecular complexity index is 383. The van der Waals surface area contributed by atoms with Crippen LogP contribution in [0.25, 0.3) is 0 Å². The number of carbonyl (C=O) groups excluding carboxylic acids is 1. The minimum Gasteiger partial charge on any atom is -0.303 e. The highest BCUT2D eigenvalue weighted by molar-refractivity contribution is 6.16. The molecule has 1 aliphatic heterocycles. The Hall–Kier alpha value is -1.44. The van der Waals surface area contributed by atoms with E-state index in [-0.39, 0.29) is 5.54 Å². The molecule has 1 unspecified atom stereocenters. The van der Waals surface area contributed by atoms with E-state index in [2.05, 4.69) is 24.0 Å². The topological polar surface area (TPSA) is 29.4 Å². The van der Waals surface area contributed by atoms with Gasteiger partial charge in [-0.25, -0.2) is 0 Å². The lowest BCUT2D eigenvalue weighted by Gasteiger charge is -2.07. The fourth-order valence-electron chi connectivity index (χ4n) is 1.89. The van der Waals surface area contributed by atoms with Gasteiger partial charge in [0.15, 0.2) is 0 Å². The van der Waals surface area contributed by atoms with Crippen LogP contribution < -0.4 is 0 Å². The van der Waals surface area contributed by atoms with Crippen LogP contribution in [-0.4, -0.2) is 17.5 Å². The smallest absolute Gasteiger partial charge is 0.119 e. The molecule has 0 fully saturated rings. The highest BCUT2D eigenvalue weighted by atomic mass is 16.1. The summed E-state index contributed by atoms with van der Waals surface area (Å²) in [5.74, 6) is 0. The van der Waals surface area contributed by atoms with Gasteiger partial charge in [0.25, 0.3) is 0 Å². The fraction of sp³-hybridized carbons (Fsp3) is 0.385. The van der Waals surface area contributed by atoms with Crippen molar-refractivity contribution in [3.8, 4) is 0 Å². The molecule has 2 heteroatoms. The van der Waals surface area contributed by atoms with Gasteiger partial charge in [0, 0.05) is 6.42 Å². The number of hydrogen-bond donors (Lipinski definition) is 0. The van der Waals surface area contributed by atoms with E-state index in [1.165, 1.54) is 11.3 Å². The van der Waals surface area contributed by atoms with Crippen molar-refractivity contribution in [2.75, 3.05) is 0 Å². The van der Waals surface area contributed by atoms with Gasteiger partial charge in [-0.1, -0.05) is 30.3 Å². The Morgan fingerprint density at radius 2 is 2.07 bits per heavy atom. The summed E-state index contributed by atoms with van der Waals surface area (Å²) in [5, 5.41) is 0. The molecule has 1 aromatic rings. The van der Waals surface area contributed by atoms with Crippen LogP contribution in [0.5, 0.6) is 0 Å². The van der Waals surface area contributed by atoms with Gasteiger partial charge in [-0.3, -0.25) is 4.99 Å². The second kappa shape index (κ2) is 3.97. The van der Waals surface area contributed by atoms with Gasteiger partial charge in [-0.2, -0.15) is 0 Å². The van der Waals surface area contributed by atoms with E-state index in [4.69, 9.17) is 0 Å². The van der Waals surface area contributed by atoms with Gasteiger partial charge in [0.2, 0.25) is 0 Å². The average Bonchev–Trinajstić information content (AvgIpc) is 2.93. The molecule has 0 saturated heterocycles. The van der Waals surface area contributed by atoms with E-state index < -0.39 is 0 Å². The Balaban J connectivity index is 1.93. The summed E-state index contributed by atoms with van der Waals surface area (Å²) in [6.45, 7) is 2.14. The predicted molar refractivity (Wildman–Crippen MR) is 61.3 cm³/mol. The zero-order valence-electron chi connectivity index (χ0n) is 8.94. The van der Waals surface area contributed by atoms with Crippen LogP contribution >= 0.6 is 0 Å². The molecule has 0 radical (unpaired) electrons. The van der Waals surface area contributed by atoms with Gasteiger partial charge >= 0.3 is 0 Å². The van der Waals surface area contributed by atoms with Crippen molar-refractivity contribution in [2.24, 2.45) is 4.99 Å². The van der Waals surface area contributed by atoms with Crippen molar-refractivity contribution >= 4 is 12.0 Å². The SMILES string of the molecule is CC1(CCCC=O)N=C1c1ccccc1. The first kappa shape index (κ1) is 10.1. The minimum atomic E-state index is 0.00433. The zero-order chi connectivity index (χ0) is 10.7. The molecule has 2 nitrogen and oxygen atoms in total. The van der Waals surface area contributed by atoms with Crippen LogP contribution in [0.2, 0.25) is 0 Å².